The highest BCUT2D eigenvalue weighted by atomic mass is 28.4. The van der Waals surface area contributed by atoms with E-state index in [4.69, 9.17) is 23.1 Å². The summed E-state index contributed by atoms with van der Waals surface area (Å²) >= 11 is 0. The fraction of sp³-hybridized carbons (Fsp3) is 0.744. The summed E-state index contributed by atoms with van der Waals surface area (Å²) in [5.74, 6) is 0.00254. The Morgan fingerprint density at radius 1 is 0.958 bits per heavy atom. The van der Waals surface area contributed by atoms with E-state index in [9.17, 15) is 9.59 Å². The Hall–Kier alpha value is -1.79. The molecule has 48 heavy (non-hydrogen) atoms. The zero-order valence-electron chi connectivity index (χ0n) is 32.8. The fourth-order valence-corrected chi connectivity index (χ4v) is 9.71. The molecule has 272 valence electrons. The van der Waals surface area contributed by atoms with Crippen LogP contribution in [0.3, 0.4) is 0 Å². The van der Waals surface area contributed by atoms with Crippen molar-refractivity contribution in [3.63, 3.8) is 0 Å². The summed E-state index contributed by atoms with van der Waals surface area (Å²) in [7, 11) is -1.04. The first kappa shape index (κ1) is 40.6. The summed E-state index contributed by atoms with van der Waals surface area (Å²) in [6.45, 7) is 29.9. The van der Waals surface area contributed by atoms with Crippen LogP contribution in [0, 0.1) is 22.7 Å². The number of methoxy groups -OCH3 is 2. The number of ketones is 1. The molecule has 2 aliphatic carbocycles. The molecule has 9 heteroatoms. The van der Waals surface area contributed by atoms with E-state index in [1.807, 2.05) is 37.3 Å². The van der Waals surface area contributed by atoms with Crippen molar-refractivity contribution in [3.8, 4) is 5.75 Å². The van der Waals surface area contributed by atoms with Crippen molar-refractivity contribution < 1.29 is 32.7 Å². The van der Waals surface area contributed by atoms with Gasteiger partial charge >= 0.3 is 5.97 Å². The van der Waals surface area contributed by atoms with E-state index in [2.05, 4.69) is 87.7 Å². The zero-order valence-corrected chi connectivity index (χ0v) is 34.8. The first-order valence-corrected chi connectivity index (χ1v) is 23.6. The molecule has 2 fully saturated rings. The lowest BCUT2D eigenvalue weighted by molar-refractivity contribution is -0.166. The Morgan fingerprint density at radius 3 is 2.06 bits per heavy atom. The lowest BCUT2D eigenvalue weighted by Gasteiger charge is -2.43. The number of esters is 1. The van der Waals surface area contributed by atoms with Gasteiger partial charge in [-0.25, -0.2) is 0 Å². The van der Waals surface area contributed by atoms with Gasteiger partial charge in [-0.1, -0.05) is 86.6 Å². The first-order chi connectivity index (χ1) is 21.9. The molecule has 1 aromatic carbocycles. The van der Waals surface area contributed by atoms with Crippen LogP contribution in [0.2, 0.25) is 36.3 Å². The summed E-state index contributed by atoms with van der Waals surface area (Å²) < 4.78 is 31.0. The third-order valence-corrected chi connectivity index (χ3v) is 21.7. The van der Waals surface area contributed by atoms with Crippen molar-refractivity contribution in [1.82, 2.24) is 0 Å². The number of ether oxygens (including phenoxy) is 3. The second kappa shape index (κ2) is 14.4. The highest BCUT2D eigenvalue weighted by Gasteiger charge is 2.77. The molecule has 0 amide bonds. The van der Waals surface area contributed by atoms with Crippen molar-refractivity contribution >= 4 is 28.4 Å². The van der Waals surface area contributed by atoms with Gasteiger partial charge in [-0.15, -0.1) is 0 Å². The van der Waals surface area contributed by atoms with E-state index in [-0.39, 0.29) is 39.5 Å². The van der Waals surface area contributed by atoms with Gasteiger partial charge in [0.1, 0.15) is 11.2 Å². The Labute approximate surface area is 294 Å². The van der Waals surface area contributed by atoms with E-state index >= 15 is 0 Å². The summed E-state index contributed by atoms with van der Waals surface area (Å²) in [6, 6.07) is 7.78. The highest BCUT2D eigenvalue weighted by Crippen LogP contribution is 2.72. The van der Waals surface area contributed by atoms with Crippen LogP contribution in [-0.4, -0.2) is 60.9 Å². The molecule has 3 rings (SSSR count). The highest BCUT2D eigenvalue weighted by molar-refractivity contribution is 6.74. The number of fused-ring (bicyclic) bond motifs is 1. The Kier molecular flexibility index (Phi) is 12.2. The molecule has 0 bridgehead atoms. The smallest absolute Gasteiger partial charge is 0.319 e. The second-order valence-corrected chi connectivity index (χ2v) is 27.5. The molecule has 1 aromatic rings. The van der Waals surface area contributed by atoms with Crippen molar-refractivity contribution in [2.24, 2.45) is 22.7 Å². The van der Waals surface area contributed by atoms with Gasteiger partial charge in [0, 0.05) is 12.3 Å². The maximum absolute atomic E-state index is 14.6. The summed E-state index contributed by atoms with van der Waals surface area (Å²) in [4.78, 5) is 28.6. The van der Waals surface area contributed by atoms with E-state index in [1.165, 1.54) is 7.11 Å². The predicted octanol–water partition coefficient (Wildman–Crippen LogP) is 9.51. The van der Waals surface area contributed by atoms with Crippen molar-refractivity contribution in [1.29, 1.82) is 0 Å². The van der Waals surface area contributed by atoms with Crippen LogP contribution in [0.1, 0.15) is 93.6 Å². The second-order valence-electron chi connectivity index (χ2n) is 18.0. The largest absolute Gasteiger partial charge is 0.497 e. The average Bonchev–Trinajstić information content (AvgIpc) is 3.44. The van der Waals surface area contributed by atoms with Crippen LogP contribution in [0.4, 0.5) is 0 Å². The van der Waals surface area contributed by atoms with Gasteiger partial charge in [0.15, 0.2) is 22.4 Å². The SMILES string of the molecule is COC(=O)C1(C[C@H](C/C=C/CO[Si](C)(C)C(C)(C)C)OCc2ccc(OC)cc2)C(=O)C[C@@H]2C(C)(C)[C@]2(O[Si](C)(C)C(C)(C)C)C[C@H]1C. The molecule has 0 spiro atoms. The van der Waals surface area contributed by atoms with Gasteiger partial charge in [0.05, 0.1) is 39.1 Å². The van der Waals surface area contributed by atoms with E-state index in [1.54, 1.807) is 7.11 Å². The molecule has 0 radical (unpaired) electrons. The van der Waals surface area contributed by atoms with Crippen LogP contribution in [-0.2, 0) is 34.5 Å². The van der Waals surface area contributed by atoms with Crippen molar-refractivity contribution in [2.45, 2.75) is 143 Å². The number of carbonyl (C=O) groups excluding carboxylic acids is 2. The fourth-order valence-electron chi connectivity index (χ4n) is 7.06. The van der Waals surface area contributed by atoms with E-state index in [0.29, 0.717) is 32.5 Å². The van der Waals surface area contributed by atoms with Gasteiger partial charge in [-0.3, -0.25) is 9.59 Å². The maximum Gasteiger partial charge on any atom is 0.319 e. The molecule has 0 N–H and O–H groups in total. The first-order valence-electron chi connectivity index (χ1n) is 17.8. The molecule has 0 heterocycles. The van der Waals surface area contributed by atoms with E-state index < -0.39 is 39.7 Å². The van der Waals surface area contributed by atoms with Gasteiger partial charge < -0.3 is 23.1 Å². The molecule has 2 aliphatic rings. The van der Waals surface area contributed by atoms with E-state index in [0.717, 1.165) is 11.3 Å². The van der Waals surface area contributed by atoms with Crippen LogP contribution in [0.15, 0.2) is 36.4 Å². The average molecular weight is 703 g/mol. The molecule has 0 aliphatic heterocycles. The molecule has 5 atom stereocenters. The van der Waals surface area contributed by atoms with Gasteiger partial charge in [0.2, 0.25) is 0 Å². The van der Waals surface area contributed by atoms with Gasteiger partial charge in [-0.05, 0) is 84.6 Å². The minimum Gasteiger partial charge on any atom is -0.497 e. The van der Waals surface area contributed by atoms with Crippen molar-refractivity contribution in [2.75, 3.05) is 20.8 Å². The molecule has 7 nitrogen and oxygen atoms in total. The Balaban J connectivity index is 1.94. The monoisotopic (exact) mass is 702 g/mol. The predicted molar refractivity (Wildman–Crippen MR) is 199 cm³/mol. The number of Topliss-reactive ketones (excluding diaryl/α,β-unsaturated/α-hetero) is 1. The maximum atomic E-state index is 14.6. The summed E-state index contributed by atoms with van der Waals surface area (Å²) in [6.07, 6.45) is 5.42. The molecule has 0 aromatic heterocycles. The zero-order chi connectivity index (χ0) is 36.6. The van der Waals surface area contributed by atoms with Gasteiger partial charge in [0.25, 0.3) is 0 Å². The topological polar surface area (TPSA) is 80.3 Å². The third-order valence-electron chi connectivity index (χ3n) is 12.7. The number of hydrogen-bond acceptors (Lipinski definition) is 7. The molecule has 1 unspecified atom stereocenters. The third kappa shape index (κ3) is 8.06. The Bertz CT molecular complexity index is 1300. The minimum atomic E-state index is -2.19. The van der Waals surface area contributed by atoms with Crippen LogP contribution in [0.5, 0.6) is 5.75 Å². The number of carbonyl (C=O) groups is 2. The molecule has 0 saturated heterocycles. The lowest BCUT2D eigenvalue weighted by atomic mass is 9.66. The quantitative estimate of drug-likeness (QED) is 0.0827. The number of benzene rings is 1. The normalized spacial score (nSPS) is 26.9. The number of hydrogen-bond donors (Lipinski definition) is 0. The number of rotatable bonds is 14. The van der Waals surface area contributed by atoms with Crippen LogP contribution >= 0.6 is 0 Å². The lowest BCUT2D eigenvalue weighted by Crippen LogP contribution is -2.50. The standard InChI is InChI=1S/C39H66O7Si2/c1-28-25-39(46-48(14,15)36(5,6)7)32(37(39,8)9)24-33(40)38(28,34(41)43-11)26-31(44-27-29-19-21-30(42-10)22-20-29)18-16-17-23-45-47(12,13)35(2,3)4/h16-17,19-22,28,31-32H,18,23-27H2,1-15H3/b17-16+/t28-,31+,32-,38?,39+/m1/s1. The molecule has 2 saturated carbocycles. The molecular formula is C39H66O7Si2. The molecular weight excluding hydrogens is 637 g/mol. The summed E-state index contributed by atoms with van der Waals surface area (Å²) in [5, 5.41) is 0.139. The minimum absolute atomic E-state index is 0.0188. The summed E-state index contributed by atoms with van der Waals surface area (Å²) in [5.41, 5.74) is -0.964. The van der Waals surface area contributed by atoms with Crippen molar-refractivity contribution in [3.05, 3.63) is 42.0 Å². The van der Waals surface area contributed by atoms with Crippen LogP contribution in [0.25, 0.3) is 0 Å². The van der Waals surface area contributed by atoms with Crippen LogP contribution < -0.4 is 4.74 Å². The van der Waals surface area contributed by atoms with Gasteiger partial charge in [-0.2, -0.15) is 0 Å². The Morgan fingerprint density at radius 2 is 1.54 bits per heavy atom.